The third kappa shape index (κ3) is 16.8. The molecule has 4 aliphatic rings. The van der Waals surface area contributed by atoms with Gasteiger partial charge in [0.2, 0.25) is 0 Å². The smallest absolute Gasteiger partial charge is 0.308 e. The first kappa shape index (κ1) is 60.7. The summed E-state index contributed by atoms with van der Waals surface area (Å²) in [6, 6.07) is 2.26. The van der Waals surface area contributed by atoms with Gasteiger partial charge in [-0.25, -0.2) is 0 Å². The molecule has 0 aromatic rings. The highest BCUT2D eigenvalue weighted by Gasteiger charge is 2.53. The minimum Gasteiger partial charge on any atom is -0.462 e. The van der Waals surface area contributed by atoms with E-state index in [0.717, 1.165) is 23.7 Å². The molecule has 0 saturated carbocycles. The average molecular weight is 1020 g/mol. The minimum atomic E-state index is -2.06. The second kappa shape index (κ2) is 29.3. The van der Waals surface area contributed by atoms with Crippen LogP contribution in [0.15, 0.2) is 36.0 Å². The van der Waals surface area contributed by atoms with Crippen LogP contribution in [0.2, 0.25) is 18.1 Å². The Hall–Kier alpha value is -2.88. The molecule has 0 spiro atoms. The van der Waals surface area contributed by atoms with E-state index in [0.29, 0.717) is 32.5 Å². The highest BCUT2D eigenvalue weighted by molar-refractivity contribution is 6.73. The molecule has 4 aliphatic heterocycles. The number of methoxy groups -OCH3 is 2. The molecular formula is C53H89NO16Si. The van der Waals surface area contributed by atoms with Gasteiger partial charge in [-0.2, -0.15) is 0 Å². The predicted octanol–water partition coefficient (Wildman–Crippen LogP) is 7.15. The standard InChI is InChI=1S/C53H89NO16Si/c1-16-42-40(31-63-52-51(60-15)50(59-14)48(36(9)64-52)70-71(17-2,18-3)19-4)28-32(5)22-23-41(57)33(6)29-39-24-27-61-25-20-21-26-62-43(30-44(58)68-42)34(7)46(39)69-53-49(67-38(11)56)45(54(12)13)47(35(8)65-53)66-37(10)55/h20-23,28,33-36,39-40,42-43,45-53H,16-19,24-27,29-31H2,1-15H3/b21-20+,23-22+,32-28+/t33-,34+,35?,36?,39+,40-,42-,43-,45?,46-,47-,48-,49?,50+,51?,52-,53+/m1/s1. The second-order valence-corrected chi connectivity index (χ2v) is 24.8. The molecule has 0 N–H and O–H groups in total. The Balaban J connectivity index is 1.74. The Bertz CT molecular complexity index is 1760. The molecule has 4 heterocycles. The van der Waals surface area contributed by atoms with Crippen molar-refractivity contribution in [1.29, 1.82) is 0 Å². The van der Waals surface area contributed by atoms with E-state index in [1.54, 1.807) is 47.4 Å². The second-order valence-electron chi connectivity index (χ2n) is 20.1. The maximum atomic E-state index is 14.5. The molecule has 5 unspecified atom stereocenters. The van der Waals surface area contributed by atoms with Gasteiger partial charge in [0.05, 0.1) is 62.8 Å². The van der Waals surface area contributed by atoms with Crippen molar-refractivity contribution in [3.05, 3.63) is 36.0 Å². The Kier molecular flexibility index (Phi) is 25.0. The fourth-order valence-electron chi connectivity index (χ4n) is 10.6. The number of allylic oxidation sites excluding steroid dienone is 3. The van der Waals surface area contributed by atoms with E-state index in [9.17, 15) is 19.2 Å². The quantitative estimate of drug-likeness (QED) is 0.0657. The van der Waals surface area contributed by atoms with Gasteiger partial charge in [-0.1, -0.05) is 71.4 Å². The van der Waals surface area contributed by atoms with Crippen molar-refractivity contribution in [2.24, 2.45) is 23.7 Å². The van der Waals surface area contributed by atoms with Crippen molar-refractivity contribution < 1.29 is 75.7 Å². The van der Waals surface area contributed by atoms with E-state index in [4.69, 9.17) is 56.5 Å². The van der Waals surface area contributed by atoms with Crippen molar-refractivity contribution >= 4 is 32.0 Å². The first-order valence-corrected chi connectivity index (χ1v) is 28.6. The molecule has 0 aromatic carbocycles. The van der Waals surface area contributed by atoms with Gasteiger partial charge in [-0.05, 0) is 84.3 Å². The van der Waals surface area contributed by atoms with E-state index in [1.807, 2.05) is 57.7 Å². The van der Waals surface area contributed by atoms with Crippen molar-refractivity contribution in [2.45, 2.75) is 200 Å². The van der Waals surface area contributed by atoms with Gasteiger partial charge < -0.3 is 56.5 Å². The molecule has 17 nitrogen and oxygen atoms in total. The number of ketones is 1. The van der Waals surface area contributed by atoms with Crippen LogP contribution in [0.1, 0.15) is 102 Å². The number of hydrogen-bond acceptors (Lipinski definition) is 17. The summed E-state index contributed by atoms with van der Waals surface area (Å²) in [5.74, 6) is -3.44. The number of carbonyl (C=O) groups excluding carboxylic acids is 4. The Labute approximate surface area is 425 Å². The van der Waals surface area contributed by atoms with Crippen LogP contribution >= 0.6 is 0 Å². The van der Waals surface area contributed by atoms with Gasteiger partial charge in [0, 0.05) is 52.4 Å². The number of rotatable bonds is 16. The maximum Gasteiger partial charge on any atom is 0.308 e. The van der Waals surface area contributed by atoms with E-state index >= 15 is 0 Å². The maximum absolute atomic E-state index is 14.5. The number of ether oxygens (including phenoxy) is 11. The summed E-state index contributed by atoms with van der Waals surface area (Å²) in [6.45, 7) is 21.6. The molecule has 71 heavy (non-hydrogen) atoms. The first-order chi connectivity index (χ1) is 33.8. The van der Waals surface area contributed by atoms with E-state index in [2.05, 4.69) is 20.8 Å². The summed E-state index contributed by atoms with van der Waals surface area (Å²) in [5.41, 5.74) is 0.780. The van der Waals surface area contributed by atoms with Crippen LogP contribution in [-0.4, -0.2) is 171 Å². The molecule has 0 radical (unpaired) electrons. The SMILES string of the molecule is CC[C@H]1OC(=O)C[C@H]2OC/C=C/COCC[C@@H](C[C@@H](C)C(=O)/C=C/C(C)=C/[C@@H]1CO[C@@H]1OC(C)[C@@H](O[Si](CC)(CC)CC)[C@H](OC)C1OC)[C@H](O[C@@H]1OC(C)[C@@H](OC(C)=O)C(N(C)C)C1OC(C)=O)[C@H]2C. The van der Waals surface area contributed by atoms with Gasteiger partial charge in [-0.3, -0.25) is 24.1 Å². The number of likely N-dealkylation sites (N-methyl/N-ethyl adjacent to an activating group) is 1. The van der Waals surface area contributed by atoms with Gasteiger partial charge in [0.1, 0.15) is 24.4 Å². The summed E-state index contributed by atoms with van der Waals surface area (Å²) in [7, 11) is 4.82. The lowest BCUT2D eigenvalue weighted by Crippen LogP contribution is -2.65. The van der Waals surface area contributed by atoms with E-state index in [1.165, 1.54) is 13.8 Å². The highest BCUT2D eigenvalue weighted by atomic mass is 28.4. The van der Waals surface area contributed by atoms with Crippen LogP contribution in [0.4, 0.5) is 0 Å². The molecule has 17 atom stereocenters. The largest absolute Gasteiger partial charge is 0.462 e. The summed E-state index contributed by atoms with van der Waals surface area (Å²) in [6.07, 6.45) is 1.84. The average Bonchev–Trinajstić information content (AvgIpc) is 3.32. The summed E-state index contributed by atoms with van der Waals surface area (Å²) in [5, 5.41) is 0. The van der Waals surface area contributed by atoms with Crippen molar-refractivity contribution in [3.8, 4) is 0 Å². The fraction of sp³-hybridized carbons (Fsp3) is 0.811. The Morgan fingerprint density at radius 1 is 0.789 bits per heavy atom. The topological polar surface area (TPSA) is 182 Å². The summed E-state index contributed by atoms with van der Waals surface area (Å²) < 4.78 is 76.7. The van der Waals surface area contributed by atoms with Crippen LogP contribution in [0.5, 0.6) is 0 Å². The number of cyclic esters (lactones) is 1. The zero-order valence-corrected chi connectivity index (χ0v) is 46.5. The number of nitrogens with zero attached hydrogens (tertiary/aromatic N) is 1. The predicted molar refractivity (Wildman–Crippen MR) is 269 cm³/mol. The van der Waals surface area contributed by atoms with Crippen LogP contribution < -0.4 is 0 Å². The van der Waals surface area contributed by atoms with Crippen LogP contribution in [0.3, 0.4) is 0 Å². The molecule has 0 aliphatic carbocycles. The zero-order chi connectivity index (χ0) is 52.6. The molecule has 4 rings (SSSR count). The van der Waals surface area contributed by atoms with Gasteiger partial charge in [-0.15, -0.1) is 0 Å². The number of fused-ring (bicyclic) bond motifs is 3. The lowest BCUT2D eigenvalue weighted by atomic mass is 9.79. The van der Waals surface area contributed by atoms with Crippen molar-refractivity contribution in [2.75, 3.05) is 54.7 Å². The number of esters is 3. The van der Waals surface area contributed by atoms with Crippen molar-refractivity contribution in [3.63, 3.8) is 0 Å². The van der Waals surface area contributed by atoms with Gasteiger partial charge in [0.25, 0.3) is 0 Å². The van der Waals surface area contributed by atoms with Gasteiger partial charge in [0.15, 0.2) is 32.8 Å². The Morgan fingerprint density at radius 3 is 2.01 bits per heavy atom. The zero-order valence-electron chi connectivity index (χ0n) is 45.5. The van der Waals surface area contributed by atoms with Crippen molar-refractivity contribution in [1.82, 2.24) is 4.90 Å². The normalized spacial score (nSPS) is 38.0. The minimum absolute atomic E-state index is 0.0845. The lowest BCUT2D eigenvalue weighted by molar-refractivity contribution is -0.308. The Morgan fingerprint density at radius 2 is 1.41 bits per heavy atom. The molecule has 2 bridgehead atoms. The fourth-order valence-corrected chi connectivity index (χ4v) is 13.6. The third-order valence-corrected chi connectivity index (χ3v) is 19.6. The first-order valence-electron chi connectivity index (χ1n) is 26.0. The van der Waals surface area contributed by atoms with Crippen LogP contribution in [-0.2, 0) is 75.7 Å². The monoisotopic (exact) mass is 1020 g/mol. The lowest BCUT2D eigenvalue weighted by Gasteiger charge is -2.48. The van der Waals surface area contributed by atoms with E-state index in [-0.39, 0.29) is 43.5 Å². The van der Waals surface area contributed by atoms with Crippen LogP contribution in [0, 0.1) is 23.7 Å². The molecule has 2 fully saturated rings. The van der Waals surface area contributed by atoms with E-state index < -0.39 is 111 Å². The number of hydrogen-bond donors (Lipinski definition) is 0. The molecule has 0 amide bonds. The molecular weight excluding hydrogens is 935 g/mol. The molecule has 2 saturated heterocycles. The summed E-state index contributed by atoms with van der Waals surface area (Å²) >= 11 is 0. The number of carbonyl (C=O) groups is 4. The molecule has 18 heteroatoms. The van der Waals surface area contributed by atoms with Crippen LogP contribution in [0.25, 0.3) is 0 Å². The van der Waals surface area contributed by atoms with Gasteiger partial charge >= 0.3 is 17.9 Å². The molecule has 0 aromatic heterocycles. The highest BCUT2D eigenvalue weighted by Crippen LogP contribution is 2.38. The third-order valence-electron chi connectivity index (χ3n) is 14.9. The molecule has 406 valence electrons. The summed E-state index contributed by atoms with van der Waals surface area (Å²) in [4.78, 5) is 55.6.